The van der Waals surface area contributed by atoms with Gasteiger partial charge in [0.25, 0.3) is 0 Å². The Morgan fingerprint density at radius 1 is 0.278 bits per heavy atom. The predicted octanol–water partition coefficient (Wildman–Crippen LogP) is 14.4. The molecule has 2 heteroatoms. The number of benzene rings is 9. The van der Waals surface area contributed by atoms with Crippen molar-refractivity contribution in [1.29, 1.82) is 0 Å². The van der Waals surface area contributed by atoms with Crippen molar-refractivity contribution in [2.24, 2.45) is 0 Å². The van der Waals surface area contributed by atoms with Gasteiger partial charge in [0.15, 0.2) is 0 Å². The molecular weight excluding hydrogens is 653 g/mol. The molecule has 0 unspecified atom stereocenters. The van der Waals surface area contributed by atoms with Gasteiger partial charge in [0.05, 0.1) is 11.0 Å². The highest BCUT2D eigenvalue weighted by molar-refractivity contribution is 6.09. The molecule has 54 heavy (non-hydrogen) atoms. The van der Waals surface area contributed by atoms with Crippen molar-refractivity contribution < 1.29 is 0 Å². The summed E-state index contributed by atoms with van der Waals surface area (Å²) >= 11 is 0. The van der Waals surface area contributed by atoms with E-state index in [1.165, 1.54) is 66.0 Å². The summed E-state index contributed by atoms with van der Waals surface area (Å²) in [7, 11) is 0. The average molecular weight is 689 g/mol. The zero-order valence-corrected chi connectivity index (χ0v) is 29.7. The van der Waals surface area contributed by atoms with Gasteiger partial charge >= 0.3 is 0 Å². The van der Waals surface area contributed by atoms with Crippen molar-refractivity contribution in [3.8, 4) is 39.1 Å². The maximum atomic E-state index is 2.38. The number of anilines is 3. The maximum absolute atomic E-state index is 2.38. The van der Waals surface area contributed by atoms with E-state index in [0.29, 0.717) is 0 Å². The fourth-order valence-electron chi connectivity index (χ4n) is 7.88. The molecule has 0 aliphatic carbocycles. The Morgan fingerprint density at radius 2 is 0.741 bits per heavy atom. The van der Waals surface area contributed by atoms with E-state index in [9.17, 15) is 0 Å². The first-order chi connectivity index (χ1) is 26.8. The molecule has 1 aromatic heterocycles. The second-order valence-corrected chi connectivity index (χ2v) is 13.8. The summed E-state index contributed by atoms with van der Waals surface area (Å²) in [4.78, 5) is 2.36. The van der Waals surface area contributed by atoms with Gasteiger partial charge in [0.1, 0.15) is 0 Å². The molecule has 10 rings (SSSR count). The van der Waals surface area contributed by atoms with Crippen LogP contribution < -0.4 is 4.90 Å². The molecule has 10 aromatic rings. The van der Waals surface area contributed by atoms with Crippen LogP contribution in [0.3, 0.4) is 0 Å². The quantitative estimate of drug-likeness (QED) is 0.162. The lowest BCUT2D eigenvalue weighted by Crippen LogP contribution is -2.10. The summed E-state index contributed by atoms with van der Waals surface area (Å²) in [6, 6.07) is 78.9. The number of nitrogens with zero attached hydrogens (tertiary/aromatic N) is 2. The number of para-hydroxylation sites is 2. The van der Waals surface area contributed by atoms with Crippen LogP contribution in [-0.4, -0.2) is 4.57 Å². The third kappa shape index (κ3) is 5.71. The van der Waals surface area contributed by atoms with Gasteiger partial charge in [-0.05, 0) is 105 Å². The normalized spacial score (nSPS) is 11.3. The van der Waals surface area contributed by atoms with Crippen molar-refractivity contribution in [3.05, 3.63) is 218 Å². The Kier molecular flexibility index (Phi) is 7.85. The highest BCUT2D eigenvalue weighted by atomic mass is 15.1. The van der Waals surface area contributed by atoms with Crippen LogP contribution in [-0.2, 0) is 0 Å². The van der Waals surface area contributed by atoms with E-state index >= 15 is 0 Å². The number of rotatable bonds is 7. The monoisotopic (exact) mass is 688 g/mol. The largest absolute Gasteiger partial charge is 0.310 e. The predicted molar refractivity (Wildman–Crippen MR) is 229 cm³/mol. The number of fused-ring (bicyclic) bond motifs is 4. The standard InChI is InChI=1S/C52H36N2/c1-2-11-37(12-3-1)40-27-31-45(32-28-40)53(47-15-10-16-48(36-47)54-51-19-8-6-17-49(51)50-18-7-9-20-52(50)54)46-33-29-41(30-34-46)39-21-23-42(24-22-39)44-26-25-38-13-4-5-14-43(38)35-44/h1-36H. The minimum atomic E-state index is 1.09. The molecule has 0 N–H and O–H groups in total. The topological polar surface area (TPSA) is 8.17 Å². The van der Waals surface area contributed by atoms with Crippen LogP contribution in [0.1, 0.15) is 0 Å². The minimum Gasteiger partial charge on any atom is -0.310 e. The van der Waals surface area contributed by atoms with E-state index in [-0.39, 0.29) is 0 Å². The second kappa shape index (κ2) is 13.4. The molecule has 0 radical (unpaired) electrons. The Bertz CT molecular complexity index is 2850. The summed E-state index contributed by atoms with van der Waals surface area (Å²) in [5, 5.41) is 5.03. The van der Waals surface area contributed by atoms with E-state index in [0.717, 1.165) is 22.7 Å². The first-order valence-electron chi connectivity index (χ1n) is 18.5. The van der Waals surface area contributed by atoms with Crippen molar-refractivity contribution >= 4 is 49.6 Å². The van der Waals surface area contributed by atoms with Gasteiger partial charge in [-0.15, -0.1) is 0 Å². The molecule has 254 valence electrons. The van der Waals surface area contributed by atoms with Crippen molar-refractivity contribution in [2.45, 2.75) is 0 Å². The zero-order chi connectivity index (χ0) is 35.8. The zero-order valence-electron chi connectivity index (χ0n) is 29.7. The van der Waals surface area contributed by atoms with E-state index in [1.807, 2.05) is 0 Å². The van der Waals surface area contributed by atoms with Crippen LogP contribution in [0.2, 0.25) is 0 Å². The van der Waals surface area contributed by atoms with Gasteiger partial charge in [-0.3, -0.25) is 0 Å². The summed E-state index contributed by atoms with van der Waals surface area (Å²) in [6.07, 6.45) is 0. The molecule has 2 nitrogen and oxygen atoms in total. The van der Waals surface area contributed by atoms with E-state index < -0.39 is 0 Å². The van der Waals surface area contributed by atoms with Crippen molar-refractivity contribution in [2.75, 3.05) is 4.90 Å². The van der Waals surface area contributed by atoms with E-state index in [1.54, 1.807) is 0 Å². The molecule has 0 aliphatic heterocycles. The summed E-state index contributed by atoms with van der Waals surface area (Å²) in [6.45, 7) is 0. The van der Waals surface area contributed by atoms with E-state index in [4.69, 9.17) is 0 Å². The smallest absolute Gasteiger partial charge is 0.0541 e. The first kappa shape index (κ1) is 31.6. The van der Waals surface area contributed by atoms with Gasteiger partial charge in [0.2, 0.25) is 0 Å². The molecule has 9 aromatic carbocycles. The lowest BCUT2D eigenvalue weighted by molar-refractivity contribution is 1.17. The van der Waals surface area contributed by atoms with Crippen molar-refractivity contribution in [1.82, 2.24) is 4.57 Å². The second-order valence-electron chi connectivity index (χ2n) is 13.8. The lowest BCUT2D eigenvalue weighted by Gasteiger charge is -2.26. The summed E-state index contributed by atoms with van der Waals surface area (Å²) in [5.41, 5.74) is 14.0. The molecule has 0 fully saturated rings. The molecule has 0 aliphatic rings. The molecule has 0 amide bonds. The maximum Gasteiger partial charge on any atom is 0.0541 e. The Morgan fingerprint density at radius 3 is 1.35 bits per heavy atom. The Hall–Kier alpha value is -7.16. The van der Waals surface area contributed by atoms with E-state index in [2.05, 4.69) is 228 Å². The average Bonchev–Trinajstić information content (AvgIpc) is 3.59. The molecule has 0 spiro atoms. The first-order valence-corrected chi connectivity index (χ1v) is 18.5. The SMILES string of the molecule is c1ccc(-c2ccc(N(c3ccc(-c4ccc(-c5ccc6ccccc6c5)cc4)cc3)c3cccc(-n4c5ccccc5c5ccccc54)c3)cc2)cc1. The lowest BCUT2D eigenvalue weighted by atomic mass is 9.98. The third-order valence-electron chi connectivity index (χ3n) is 10.6. The third-order valence-corrected chi connectivity index (χ3v) is 10.6. The fraction of sp³-hybridized carbons (Fsp3) is 0. The molecular formula is C52H36N2. The van der Waals surface area contributed by atoms with Crippen LogP contribution in [0.4, 0.5) is 17.1 Å². The fourth-order valence-corrected chi connectivity index (χ4v) is 7.88. The van der Waals surface area contributed by atoms with Gasteiger partial charge in [-0.25, -0.2) is 0 Å². The minimum absolute atomic E-state index is 1.09. The van der Waals surface area contributed by atoms with Gasteiger partial charge in [-0.2, -0.15) is 0 Å². The highest BCUT2D eigenvalue weighted by Gasteiger charge is 2.17. The number of hydrogen-bond acceptors (Lipinski definition) is 1. The van der Waals surface area contributed by atoms with Gasteiger partial charge in [0, 0.05) is 33.5 Å². The Balaban J connectivity index is 1.03. The summed E-state index contributed by atoms with van der Waals surface area (Å²) in [5.74, 6) is 0. The molecule has 0 bridgehead atoms. The van der Waals surface area contributed by atoms with Gasteiger partial charge < -0.3 is 9.47 Å². The molecule has 0 saturated carbocycles. The van der Waals surface area contributed by atoms with Crippen LogP contribution in [0.15, 0.2) is 218 Å². The number of aromatic nitrogens is 1. The molecule has 0 atom stereocenters. The van der Waals surface area contributed by atoms with Crippen LogP contribution in [0.5, 0.6) is 0 Å². The van der Waals surface area contributed by atoms with Crippen LogP contribution >= 0.6 is 0 Å². The summed E-state index contributed by atoms with van der Waals surface area (Å²) < 4.78 is 2.38. The van der Waals surface area contributed by atoms with Crippen molar-refractivity contribution in [3.63, 3.8) is 0 Å². The molecule has 0 saturated heterocycles. The highest BCUT2D eigenvalue weighted by Crippen LogP contribution is 2.39. The molecule has 1 heterocycles. The Labute approximate surface area is 315 Å². The van der Waals surface area contributed by atoms with Crippen LogP contribution in [0, 0.1) is 0 Å². The number of hydrogen-bond donors (Lipinski definition) is 0. The van der Waals surface area contributed by atoms with Gasteiger partial charge in [-0.1, -0.05) is 158 Å². The van der Waals surface area contributed by atoms with Crippen LogP contribution in [0.25, 0.3) is 71.6 Å².